The fourth-order valence-electron chi connectivity index (χ4n) is 5.16. The van der Waals surface area contributed by atoms with E-state index >= 15 is 0 Å². The van der Waals surface area contributed by atoms with Gasteiger partial charge in [-0.2, -0.15) is 0 Å². The van der Waals surface area contributed by atoms with Crippen molar-refractivity contribution in [1.82, 2.24) is 0 Å². The molecule has 7 heteroatoms. The van der Waals surface area contributed by atoms with E-state index in [-0.39, 0.29) is 27.6 Å². The molecule has 0 aromatic heterocycles. The summed E-state index contributed by atoms with van der Waals surface area (Å²) in [6.45, 7) is 9.04. The van der Waals surface area contributed by atoms with Gasteiger partial charge in [-0.15, -0.1) is 0 Å². The van der Waals surface area contributed by atoms with Gasteiger partial charge in [0, 0.05) is 23.3 Å². The molecule has 0 fully saturated rings. The number of aromatic carboxylic acids is 2. The van der Waals surface area contributed by atoms with Gasteiger partial charge in [-0.1, -0.05) is 57.2 Å². The average Bonchev–Trinajstić information content (AvgIpc) is 3.00. The number of fused-ring (bicyclic) bond motifs is 1. The van der Waals surface area contributed by atoms with E-state index in [1.807, 2.05) is 0 Å². The minimum atomic E-state index is -1.23. The van der Waals surface area contributed by atoms with Crippen LogP contribution in [-0.4, -0.2) is 22.2 Å². The molecule has 35 heavy (non-hydrogen) atoms. The molecule has 0 saturated carbocycles. The molecule has 0 spiro atoms. The van der Waals surface area contributed by atoms with Gasteiger partial charge in [0.05, 0.1) is 11.1 Å². The highest BCUT2D eigenvalue weighted by Gasteiger charge is 2.45. The van der Waals surface area contributed by atoms with Crippen LogP contribution < -0.4 is 17.2 Å². The molecule has 0 radical (unpaired) electrons. The van der Waals surface area contributed by atoms with Crippen molar-refractivity contribution in [3.05, 3.63) is 93.5 Å². The number of hydrogen-bond acceptors (Lipinski definition) is 5. The van der Waals surface area contributed by atoms with Crippen molar-refractivity contribution in [3.8, 4) is 0 Å². The number of rotatable bonds is 4. The van der Waals surface area contributed by atoms with E-state index in [1.165, 1.54) is 22.8 Å². The van der Waals surface area contributed by atoms with Gasteiger partial charge < -0.3 is 27.4 Å². The largest absolute Gasteiger partial charge is 0.478 e. The minimum Gasteiger partial charge on any atom is -0.478 e. The van der Waals surface area contributed by atoms with Crippen LogP contribution in [0.5, 0.6) is 0 Å². The molecule has 8 N–H and O–H groups in total. The molecule has 1 unspecified atom stereocenters. The van der Waals surface area contributed by atoms with Crippen LogP contribution in [-0.2, 0) is 17.4 Å². The summed E-state index contributed by atoms with van der Waals surface area (Å²) < 4.78 is 0. The van der Waals surface area contributed by atoms with E-state index in [9.17, 15) is 9.59 Å². The van der Waals surface area contributed by atoms with Crippen LogP contribution in [0, 0.1) is 6.92 Å². The topological polar surface area (TPSA) is 153 Å². The first-order chi connectivity index (χ1) is 16.3. The molecule has 3 aromatic carbocycles. The summed E-state index contributed by atoms with van der Waals surface area (Å²) >= 11 is 0. The lowest BCUT2D eigenvalue weighted by Crippen LogP contribution is -2.23. The third-order valence-electron chi connectivity index (χ3n) is 6.91. The Morgan fingerprint density at radius 2 is 1.46 bits per heavy atom. The van der Waals surface area contributed by atoms with Crippen molar-refractivity contribution in [1.29, 1.82) is 0 Å². The Morgan fingerprint density at radius 3 is 2.00 bits per heavy atom. The molecule has 184 valence electrons. The van der Waals surface area contributed by atoms with E-state index in [0.717, 1.165) is 23.7 Å². The predicted octanol–water partition coefficient (Wildman–Crippen LogP) is 4.69. The van der Waals surface area contributed by atoms with Gasteiger partial charge >= 0.3 is 11.9 Å². The van der Waals surface area contributed by atoms with Gasteiger partial charge in [0.25, 0.3) is 0 Å². The Balaban J connectivity index is 0.000000214. The second-order valence-corrected chi connectivity index (χ2v) is 9.92. The Bertz CT molecular complexity index is 1260. The minimum absolute atomic E-state index is 0.0152. The number of benzene rings is 3. The van der Waals surface area contributed by atoms with Crippen LogP contribution in [0.25, 0.3) is 0 Å². The first-order valence-corrected chi connectivity index (χ1v) is 11.4. The maximum Gasteiger partial charge on any atom is 0.337 e. The molecule has 1 atom stereocenters. The molecule has 1 aliphatic rings. The van der Waals surface area contributed by atoms with E-state index < -0.39 is 11.9 Å². The van der Waals surface area contributed by atoms with Gasteiger partial charge in [-0.25, -0.2) is 9.59 Å². The predicted molar refractivity (Wildman–Crippen MR) is 139 cm³/mol. The van der Waals surface area contributed by atoms with Crippen molar-refractivity contribution in [2.24, 2.45) is 5.73 Å². The van der Waals surface area contributed by atoms with Crippen LogP contribution in [0.1, 0.15) is 75.7 Å². The fourth-order valence-corrected chi connectivity index (χ4v) is 5.16. The van der Waals surface area contributed by atoms with Crippen molar-refractivity contribution in [2.75, 3.05) is 11.5 Å². The highest BCUT2D eigenvalue weighted by molar-refractivity contribution is 5.98. The Morgan fingerprint density at radius 1 is 0.857 bits per heavy atom. The van der Waals surface area contributed by atoms with E-state index in [4.69, 9.17) is 27.4 Å². The number of nitrogens with two attached hydrogens (primary N) is 3. The van der Waals surface area contributed by atoms with E-state index in [1.54, 1.807) is 6.92 Å². The van der Waals surface area contributed by atoms with Gasteiger partial charge in [0.1, 0.15) is 0 Å². The maximum absolute atomic E-state index is 10.7. The Labute approximate surface area is 205 Å². The highest BCUT2D eigenvalue weighted by atomic mass is 16.4. The summed E-state index contributed by atoms with van der Waals surface area (Å²) in [5.41, 5.74) is 23.8. The van der Waals surface area contributed by atoms with Crippen molar-refractivity contribution >= 4 is 23.3 Å². The van der Waals surface area contributed by atoms with Gasteiger partial charge in [-0.3, -0.25) is 0 Å². The number of carboxylic acid groups (broad SMARTS) is 2. The first-order valence-electron chi connectivity index (χ1n) is 11.4. The zero-order valence-electron chi connectivity index (χ0n) is 20.6. The normalized spacial score (nSPS) is 17.7. The third-order valence-corrected chi connectivity index (χ3v) is 6.91. The molecule has 0 bridgehead atoms. The number of carboxylic acids is 2. The van der Waals surface area contributed by atoms with E-state index in [0.29, 0.717) is 12.1 Å². The Hall–Kier alpha value is -3.84. The molecule has 4 rings (SSSR count). The Kier molecular flexibility index (Phi) is 6.94. The van der Waals surface area contributed by atoms with Crippen LogP contribution >= 0.6 is 0 Å². The summed E-state index contributed by atoms with van der Waals surface area (Å²) in [5, 5.41) is 17.4. The van der Waals surface area contributed by atoms with Crippen LogP contribution in [0.2, 0.25) is 0 Å². The number of aryl methyl sites for hydroxylation is 1. The number of hydrogen-bond donors (Lipinski definition) is 5. The second-order valence-electron chi connectivity index (χ2n) is 9.92. The molecule has 0 aliphatic heterocycles. The van der Waals surface area contributed by atoms with E-state index in [2.05, 4.69) is 63.2 Å². The molecular formula is C28H33N3O4. The number of anilines is 2. The molecule has 0 amide bonds. The van der Waals surface area contributed by atoms with Gasteiger partial charge in [0.15, 0.2) is 0 Å². The summed E-state index contributed by atoms with van der Waals surface area (Å²) in [6, 6.07) is 17.6. The summed E-state index contributed by atoms with van der Waals surface area (Å²) in [5.74, 6) is -2.39. The van der Waals surface area contributed by atoms with Crippen molar-refractivity contribution in [3.63, 3.8) is 0 Å². The quantitative estimate of drug-likeness (QED) is 0.343. The lowest BCUT2D eigenvalue weighted by atomic mass is 9.75. The standard InChI is InChI=1S/C19H24N2.C9H9NO4/c1-18(2)12-19(3,16-7-5-4-6-15(16)18)14-9-8-13(11-20)17(21)10-14;1-4-2-7(10)6(9(13)14)3-5(4)8(11)12/h4-10H,11-12,20-21H2,1-3H3;2-3H,10H2,1H3,(H,11,12)(H,13,14). The monoisotopic (exact) mass is 475 g/mol. The summed E-state index contributed by atoms with van der Waals surface area (Å²) in [6.07, 6.45) is 1.10. The zero-order chi connectivity index (χ0) is 26.1. The smallest absolute Gasteiger partial charge is 0.337 e. The molecule has 0 heterocycles. The highest BCUT2D eigenvalue weighted by Crippen LogP contribution is 2.52. The molecular weight excluding hydrogens is 442 g/mol. The average molecular weight is 476 g/mol. The lowest BCUT2D eigenvalue weighted by Gasteiger charge is -2.29. The summed E-state index contributed by atoms with van der Waals surface area (Å²) in [4.78, 5) is 21.3. The van der Waals surface area contributed by atoms with Gasteiger partial charge in [-0.05, 0) is 64.8 Å². The van der Waals surface area contributed by atoms with Crippen LogP contribution in [0.4, 0.5) is 11.4 Å². The van der Waals surface area contributed by atoms with Crippen LogP contribution in [0.15, 0.2) is 54.6 Å². The summed E-state index contributed by atoms with van der Waals surface area (Å²) in [7, 11) is 0. The van der Waals surface area contributed by atoms with Gasteiger partial charge in [0.2, 0.25) is 0 Å². The third kappa shape index (κ3) is 4.86. The fraction of sp³-hybridized carbons (Fsp3) is 0.286. The molecule has 1 aliphatic carbocycles. The second kappa shape index (κ2) is 9.43. The van der Waals surface area contributed by atoms with Crippen LogP contribution in [0.3, 0.4) is 0 Å². The first kappa shape index (κ1) is 25.8. The number of carbonyl (C=O) groups is 2. The molecule has 3 aromatic rings. The number of nitrogen functional groups attached to an aromatic ring is 2. The SMILES string of the molecule is CC1(C)CC(C)(c2ccc(CN)c(N)c2)c2ccccc21.Cc1cc(N)c(C(=O)O)cc1C(=O)O. The van der Waals surface area contributed by atoms with Crippen molar-refractivity contribution < 1.29 is 19.8 Å². The zero-order valence-corrected chi connectivity index (χ0v) is 20.6. The molecule has 7 nitrogen and oxygen atoms in total. The maximum atomic E-state index is 10.7. The lowest BCUT2D eigenvalue weighted by molar-refractivity contribution is 0.0695. The molecule has 0 saturated heterocycles. The van der Waals surface area contributed by atoms with Crippen molar-refractivity contribution in [2.45, 2.75) is 51.5 Å².